The van der Waals surface area contributed by atoms with Gasteiger partial charge in [-0.1, -0.05) is 41.6 Å². The van der Waals surface area contributed by atoms with Gasteiger partial charge in [0.1, 0.15) is 11.4 Å². The number of carbonyl (C=O) groups excluding carboxylic acids is 1. The van der Waals surface area contributed by atoms with E-state index in [1.54, 1.807) is 18.0 Å². The lowest BCUT2D eigenvalue weighted by Crippen LogP contribution is -2.23. The predicted octanol–water partition coefficient (Wildman–Crippen LogP) is 4.59. The first-order valence-electron chi connectivity index (χ1n) is 10.2. The van der Waals surface area contributed by atoms with Crippen LogP contribution in [-0.4, -0.2) is 32.9 Å². The Kier molecular flexibility index (Phi) is 5.69. The lowest BCUT2D eigenvalue weighted by molar-refractivity contribution is 0.0947. The van der Waals surface area contributed by atoms with Gasteiger partial charge in [-0.3, -0.25) is 4.79 Å². The number of rotatable bonds is 7. The molecule has 8 nitrogen and oxygen atoms in total. The summed E-state index contributed by atoms with van der Waals surface area (Å²) in [4.78, 5) is 18.4. The van der Waals surface area contributed by atoms with Crippen LogP contribution in [0.25, 0.3) is 27.6 Å². The summed E-state index contributed by atoms with van der Waals surface area (Å²) < 4.78 is 12.3. The number of ether oxygens (including phenoxy) is 1. The van der Waals surface area contributed by atoms with Crippen molar-refractivity contribution in [1.82, 2.24) is 25.2 Å². The van der Waals surface area contributed by atoms with Crippen LogP contribution in [0, 0.1) is 0 Å². The minimum Gasteiger partial charge on any atom is -0.497 e. The minimum atomic E-state index is -0.300. The van der Waals surface area contributed by atoms with Gasteiger partial charge < -0.3 is 14.6 Å². The number of nitrogens with one attached hydrogen (secondary N) is 1. The molecular weight excluding hydrogens is 438 g/mol. The van der Waals surface area contributed by atoms with Crippen LogP contribution in [0.2, 0.25) is 0 Å². The fourth-order valence-corrected chi connectivity index (χ4v) is 3.97. The molecule has 0 aliphatic heterocycles. The third-order valence-corrected chi connectivity index (χ3v) is 5.80. The molecule has 9 heteroatoms. The Morgan fingerprint density at radius 2 is 2.00 bits per heavy atom. The van der Waals surface area contributed by atoms with Gasteiger partial charge in [-0.15, -0.1) is 11.3 Å². The van der Waals surface area contributed by atoms with Crippen molar-refractivity contribution in [3.63, 3.8) is 0 Å². The lowest BCUT2D eigenvalue weighted by Gasteiger charge is -2.05. The van der Waals surface area contributed by atoms with E-state index in [0.29, 0.717) is 28.7 Å². The maximum atomic E-state index is 13.2. The fraction of sp³-hybridized carbons (Fsp3) is 0.0833. The second-order valence-corrected chi connectivity index (χ2v) is 8.02. The third kappa shape index (κ3) is 4.39. The second kappa shape index (κ2) is 9.09. The SMILES string of the molecule is COc1cccc(-c2nn(-c3ccccc3)cc2C(=O)NCc2nc(-c3cccs3)no2)c1. The molecule has 0 aliphatic carbocycles. The van der Waals surface area contributed by atoms with E-state index in [1.165, 1.54) is 11.3 Å². The summed E-state index contributed by atoms with van der Waals surface area (Å²) in [5.74, 6) is 1.21. The molecule has 0 radical (unpaired) electrons. The molecular formula is C24H19N5O3S. The van der Waals surface area contributed by atoms with Crippen LogP contribution in [0.1, 0.15) is 16.2 Å². The quantitative estimate of drug-likeness (QED) is 0.384. The molecule has 0 saturated heterocycles. The largest absolute Gasteiger partial charge is 0.497 e. The molecule has 3 aromatic heterocycles. The first-order valence-corrected chi connectivity index (χ1v) is 11.0. The van der Waals surface area contributed by atoms with Crippen molar-refractivity contribution >= 4 is 17.2 Å². The Bertz CT molecular complexity index is 1380. The van der Waals surface area contributed by atoms with E-state index < -0.39 is 0 Å². The summed E-state index contributed by atoms with van der Waals surface area (Å²) in [5, 5.41) is 13.5. The Balaban J connectivity index is 1.43. The van der Waals surface area contributed by atoms with Gasteiger partial charge in [-0.2, -0.15) is 10.1 Å². The summed E-state index contributed by atoms with van der Waals surface area (Å²) in [6.07, 6.45) is 1.71. The van der Waals surface area contributed by atoms with E-state index in [4.69, 9.17) is 14.4 Å². The number of methoxy groups -OCH3 is 1. The van der Waals surface area contributed by atoms with Crippen LogP contribution in [0.4, 0.5) is 0 Å². The van der Waals surface area contributed by atoms with Gasteiger partial charge in [0.2, 0.25) is 11.7 Å². The molecule has 0 unspecified atom stereocenters. The van der Waals surface area contributed by atoms with Crippen LogP contribution < -0.4 is 10.1 Å². The number of aromatic nitrogens is 4. The summed E-state index contributed by atoms with van der Waals surface area (Å²) in [5.41, 5.74) is 2.58. The number of carbonyl (C=O) groups is 1. The molecule has 0 fully saturated rings. The highest BCUT2D eigenvalue weighted by molar-refractivity contribution is 7.13. The molecule has 0 spiro atoms. The standard InChI is InChI=1S/C24H19N5O3S/c1-31-18-10-5-7-16(13-18)22-19(15-29(27-22)17-8-3-2-4-9-17)24(30)25-14-21-26-23(28-32-21)20-11-6-12-33-20/h2-13,15H,14H2,1H3,(H,25,30). The summed E-state index contributed by atoms with van der Waals surface area (Å²) in [6, 6.07) is 20.9. The normalized spacial score (nSPS) is 10.8. The maximum Gasteiger partial charge on any atom is 0.255 e. The van der Waals surface area contributed by atoms with Crippen molar-refractivity contribution < 1.29 is 14.1 Å². The molecule has 1 amide bonds. The average Bonchev–Trinajstić information content (AvgIpc) is 3.63. The monoisotopic (exact) mass is 457 g/mol. The van der Waals surface area contributed by atoms with Gasteiger partial charge in [0, 0.05) is 11.8 Å². The molecule has 2 aromatic carbocycles. The van der Waals surface area contributed by atoms with E-state index >= 15 is 0 Å². The number of hydrogen-bond acceptors (Lipinski definition) is 7. The predicted molar refractivity (Wildman–Crippen MR) is 124 cm³/mol. The van der Waals surface area contributed by atoms with Gasteiger partial charge in [0.05, 0.1) is 29.8 Å². The number of hydrogen-bond donors (Lipinski definition) is 1. The zero-order valence-electron chi connectivity index (χ0n) is 17.6. The fourth-order valence-electron chi connectivity index (χ4n) is 3.32. The van der Waals surface area contributed by atoms with E-state index in [0.717, 1.165) is 16.1 Å². The number of benzene rings is 2. The highest BCUT2D eigenvalue weighted by atomic mass is 32.1. The van der Waals surface area contributed by atoms with Gasteiger partial charge >= 0.3 is 0 Å². The van der Waals surface area contributed by atoms with Crippen LogP contribution in [-0.2, 0) is 6.54 Å². The average molecular weight is 458 g/mol. The molecule has 5 aromatic rings. The van der Waals surface area contributed by atoms with E-state index in [9.17, 15) is 4.79 Å². The molecule has 5 rings (SSSR count). The summed E-state index contributed by atoms with van der Waals surface area (Å²) in [6.45, 7) is 0.102. The zero-order valence-corrected chi connectivity index (χ0v) is 18.5. The van der Waals surface area contributed by atoms with Gasteiger partial charge in [-0.25, -0.2) is 4.68 Å². The number of nitrogens with zero attached hydrogens (tertiary/aromatic N) is 4. The Hall–Kier alpha value is -4.24. The molecule has 0 saturated carbocycles. The van der Waals surface area contributed by atoms with E-state index in [2.05, 4.69) is 15.5 Å². The Morgan fingerprint density at radius 1 is 1.12 bits per heavy atom. The molecule has 164 valence electrons. The highest BCUT2D eigenvalue weighted by Crippen LogP contribution is 2.27. The van der Waals surface area contributed by atoms with Crippen molar-refractivity contribution in [2.45, 2.75) is 6.54 Å². The molecule has 1 N–H and O–H groups in total. The number of amides is 1. The molecule has 0 bridgehead atoms. The summed E-state index contributed by atoms with van der Waals surface area (Å²) in [7, 11) is 1.60. The molecule has 3 heterocycles. The van der Waals surface area contributed by atoms with Crippen molar-refractivity contribution in [3.05, 3.63) is 89.8 Å². The van der Waals surface area contributed by atoms with Crippen LogP contribution in [0.3, 0.4) is 0 Å². The van der Waals surface area contributed by atoms with Crippen molar-refractivity contribution in [2.75, 3.05) is 7.11 Å². The molecule has 33 heavy (non-hydrogen) atoms. The topological polar surface area (TPSA) is 95.1 Å². The van der Waals surface area contributed by atoms with Gasteiger partial charge in [-0.05, 0) is 35.7 Å². The van der Waals surface area contributed by atoms with E-state index in [1.807, 2.05) is 72.1 Å². The first-order chi connectivity index (χ1) is 16.2. The smallest absolute Gasteiger partial charge is 0.255 e. The summed E-state index contributed by atoms with van der Waals surface area (Å²) >= 11 is 1.52. The van der Waals surface area contributed by atoms with Crippen LogP contribution in [0.5, 0.6) is 5.75 Å². The number of thiophene rings is 1. The van der Waals surface area contributed by atoms with Gasteiger partial charge in [0.15, 0.2) is 0 Å². The van der Waals surface area contributed by atoms with Crippen LogP contribution >= 0.6 is 11.3 Å². The molecule has 0 atom stereocenters. The minimum absolute atomic E-state index is 0.102. The number of para-hydroxylation sites is 1. The van der Waals surface area contributed by atoms with Crippen LogP contribution in [0.15, 0.2) is 82.8 Å². The van der Waals surface area contributed by atoms with Crippen molar-refractivity contribution in [3.8, 4) is 33.4 Å². The zero-order chi connectivity index (χ0) is 22.6. The molecule has 0 aliphatic rings. The van der Waals surface area contributed by atoms with Gasteiger partial charge in [0.25, 0.3) is 5.91 Å². The lowest BCUT2D eigenvalue weighted by atomic mass is 10.1. The second-order valence-electron chi connectivity index (χ2n) is 7.08. The van der Waals surface area contributed by atoms with E-state index in [-0.39, 0.29) is 12.5 Å². The Morgan fingerprint density at radius 3 is 2.79 bits per heavy atom. The third-order valence-electron chi connectivity index (χ3n) is 4.93. The maximum absolute atomic E-state index is 13.2. The Labute approximate surface area is 193 Å². The van der Waals surface area contributed by atoms with Crippen molar-refractivity contribution in [1.29, 1.82) is 0 Å². The highest BCUT2D eigenvalue weighted by Gasteiger charge is 2.20. The van der Waals surface area contributed by atoms with Crippen molar-refractivity contribution in [2.24, 2.45) is 0 Å². The first kappa shape index (κ1) is 20.7.